The van der Waals surface area contributed by atoms with Crippen molar-refractivity contribution >= 4 is 35.1 Å². The summed E-state index contributed by atoms with van der Waals surface area (Å²) < 4.78 is 12.5. The van der Waals surface area contributed by atoms with Crippen LogP contribution >= 0.6 is 23.2 Å². The second kappa shape index (κ2) is 8.91. The lowest BCUT2D eigenvalue weighted by Crippen LogP contribution is -2.20. The largest absolute Gasteiger partial charge is 0.490 e. The van der Waals surface area contributed by atoms with Gasteiger partial charge in [-0.3, -0.25) is 10.2 Å². The molecule has 0 bridgehead atoms. The van der Waals surface area contributed by atoms with Crippen molar-refractivity contribution in [1.29, 1.82) is 0 Å². The lowest BCUT2D eigenvalue weighted by Gasteiger charge is -2.16. The maximum Gasteiger partial charge on any atom is 0.287 e. The van der Waals surface area contributed by atoms with Crippen molar-refractivity contribution < 1.29 is 9.47 Å². The minimum atomic E-state index is -0.413. The number of ether oxygens (including phenoxy) is 2. The zero-order chi connectivity index (χ0) is 19.3. The molecular formula is C17H20Cl2N4O3. The molecule has 2 aromatic rings. The number of nitrogens with one attached hydrogen (secondary N) is 1. The molecule has 0 aliphatic heterocycles. The van der Waals surface area contributed by atoms with Crippen LogP contribution in [0.15, 0.2) is 28.2 Å². The van der Waals surface area contributed by atoms with Crippen LogP contribution < -0.4 is 20.5 Å². The molecule has 0 saturated carbocycles. The Morgan fingerprint density at radius 3 is 2.77 bits per heavy atom. The first-order valence-electron chi connectivity index (χ1n) is 7.97. The zero-order valence-electron chi connectivity index (χ0n) is 14.9. The molecule has 0 saturated heterocycles. The molecule has 1 aromatic heterocycles. The molecule has 2 rings (SSSR count). The van der Waals surface area contributed by atoms with Crippen molar-refractivity contribution in [3.8, 4) is 11.5 Å². The molecule has 0 fully saturated rings. The molecule has 140 valence electrons. The summed E-state index contributed by atoms with van der Waals surface area (Å²) in [6.45, 7) is 6.17. The van der Waals surface area contributed by atoms with Crippen LogP contribution in [0.25, 0.3) is 0 Å². The van der Waals surface area contributed by atoms with Crippen LogP contribution in [-0.2, 0) is 7.05 Å². The summed E-state index contributed by atoms with van der Waals surface area (Å²) in [5.41, 5.74) is 3.28. The summed E-state index contributed by atoms with van der Waals surface area (Å²) in [6.07, 6.45) is 2.91. The number of halogens is 2. The number of benzene rings is 1. The van der Waals surface area contributed by atoms with Gasteiger partial charge in [0.05, 0.1) is 30.1 Å². The highest BCUT2D eigenvalue weighted by molar-refractivity contribution is 6.33. The lowest BCUT2D eigenvalue weighted by molar-refractivity contribution is 0.224. The molecule has 0 spiro atoms. The fourth-order valence-electron chi connectivity index (χ4n) is 2.04. The summed E-state index contributed by atoms with van der Waals surface area (Å²) in [5, 5.41) is 8.38. The van der Waals surface area contributed by atoms with E-state index in [-0.39, 0.29) is 11.1 Å². The average molecular weight is 399 g/mol. The fourth-order valence-corrected chi connectivity index (χ4v) is 2.52. The summed E-state index contributed by atoms with van der Waals surface area (Å²) in [4.78, 5) is 11.7. The van der Waals surface area contributed by atoms with Crippen LogP contribution in [0.1, 0.15) is 26.3 Å². The number of rotatable bonds is 7. The third-order valence-corrected chi connectivity index (χ3v) is 3.81. The van der Waals surface area contributed by atoms with Gasteiger partial charge in [0, 0.05) is 7.05 Å². The Balaban J connectivity index is 2.25. The van der Waals surface area contributed by atoms with Gasteiger partial charge < -0.3 is 9.47 Å². The van der Waals surface area contributed by atoms with Crippen LogP contribution in [0.3, 0.4) is 0 Å². The standard InChI is InChI=1S/C17H20Cl2N4O3/c1-5-25-14-7-11(6-12(18)16(14)26-10(2)3)8-20-22-13-9-21-23(4)17(24)15(13)19/h6-10,22H,5H2,1-4H3/b20-8-. The van der Waals surface area contributed by atoms with E-state index in [4.69, 9.17) is 32.7 Å². The monoisotopic (exact) mass is 398 g/mol. The van der Waals surface area contributed by atoms with Gasteiger partial charge in [-0.1, -0.05) is 23.2 Å². The van der Waals surface area contributed by atoms with E-state index in [9.17, 15) is 4.79 Å². The maximum atomic E-state index is 11.7. The topological polar surface area (TPSA) is 77.7 Å². The minimum absolute atomic E-state index is 0.00775. The van der Waals surface area contributed by atoms with Gasteiger partial charge in [0.15, 0.2) is 11.5 Å². The third-order valence-electron chi connectivity index (χ3n) is 3.16. The van der Waals surface area contributed by atoms with Gasteiger partial charge >= 0.3 is 0 Å². The molecule has 0 aliphatic rings. The molecule has 1 heterocycles. The Hall–Kier alpha value is -2.25. The van der Waals surface area contributed by atoms with Crippen molar-refractivity contribution in [1.82, 2.24) is 9.78 Å². The predicted molar refractivity (Wildman–Crippen MR) is 104 cm³/mol. The van der Waals surface area contributed by atoms with Gasteiger partial charge in [0.2, 0.25) is 0 Å². The highest BCUT2D eigenvalue weighted by Crippen LogP contribution is 2.37. The van der Waals surface area contributed by atoms with E-state index in [2.05, 4.69) is 15.6 Å². The molecule has 7 nitrogen and oxygen atoms in total. The summed E-state index contributed by atoms with van der Waals surface area (Å²) >= 11 is 12.3. The van der Waals surface area contributed by atoms with Crippen LogP contribution in [0.4, 0.5) is 5.69 Å². The van der Waals surface area contributed by atoms with E-state index in [0.29, 0.717) is 34.4 Å². The van der Waals surface area contributed by atoms with Gasteiger partial charge in [0.25, 0.3) is 5.56 Å². The summed E-state index contributed by atoms with van der Waals surface area (Å²) in [7, 11) is 1.51. The SMILES string of the molecule is CCOc1cc(/C=N\Nc2cnn(C)c(=O)c2Cl)cc(Cl)c1OC(C)C. The average Bonchev–Trinajstić information content (AvgIpc) is 2.58. The summed E-state index contributed by atoms with van der Waals surface area (Å²) in [5.74, 6) is 1.02. The van der Waals surface area contributed by atoms with Crippen molar-refractivity contribution in [2.45, 2.75) is 26.9 Å². The Morgan fingerprint density at radius 2 is 2.12 bits per heavy atom. The normalized spacial score (nSPS) is 11.2. The van der Waals surface area contributed by atoms with Gasteiger partial charge in [0.1, 0.15) is 10.7 Å². The van der Waals surface area contributed by atoms with Crippen molar-refractivity contribution in [2.75, 3.05) is 12.0 Å². The Labute approximate surface area is 161 Å². The first kappa shape index (κ1) is 20.1. The minimum Gasteiger partial charge on any atom is -0.490 e. The van der Waals surface area contributed by atoms with Crippen molar-refractivity contribution in [3.63, 3.8) is 0 Å². The van der Waals surface area contributed by atoms with E-state index in [1.54, 1.807) is 12.1 Å². The predicted octanol–water partition coefficient (Wildman–Crippen LogP) is 3.72. The van der Waals surface area contributed by atoms with E-state index in [0.717, 1.165) is 4.68 Å². The third kappa shape index (κ3) is 4.89. The highest BCUT2D eigenvalue weighted by Gasteiger charge is 2.13. The molecular weight excluding hydrogens is 379 g/mol. The van der Waals surface area contributed by atoms with Crippen LogP contribution in [-0.4, -0.2) is 28.7 Å². The number of hydrogen-bond donors (Lipinski definition) is 1. The molecule has 0 aliphatic carbocycles. The van der Waals surface area contributed by atoms with E-state index in [1.807, 2.05) is 20.8 Å². The number of aromatic nitrogens is 2. The Morgan fingerprint density at radius 1 is 1.38 bits per heavy atom. The van der Waals surface area contributed by atoms with Gasteiger partial charge in [-0.25, -0.2) is 4.68 Å². The molecule has 0 atom stereocenters. The van der Waals surface area contributed by atoms with Crippen molar-refractivity contribution in [3.05, 3.63) is 44.3 Å². The summed E-state index contributed by atoms with van der Waals surface area (Å²) in [6, 6.07) is 3.47. The van der Waals surface area contributed by atoms with Crippen LogP contribution in [0, 0.1) is 0 Å². The van der Waals surface area contributed by atoms with Crippen LogP contribution in [0.5, 0.6) is 11.5 Å². The van der Waals surface area contributed by atoms with Gasteiger partial charge in [-0.05, 0) is 38.5 Å². The Bertz CT molecular complexity index is 866. The first-order chi connectivity index (χ1) is 12.3. The first-order valence-corrected chi connectivity index (χ1v) is 8.73. The quantitative estimate of drug-likeness (QED) is 0.567. The van der Waals surface area contributed by atoms with Crippen molar-refractivity contribution in [2.24, 2.45) is 12.1 Å². The van der Waals surface area contributed by atoms with E-state index >= 15 is 0 Å². The Kier molecular flexibility index (Phi) is 6.88. The molecule has 0 unspecified atom stereocenters. The number of nitrogens with zero attached hydrogens (tertiary/aromatic N) is 3. The molecule has 0 radical (unpaired) electrons. The number of hydrazone groups is 1. The number of aryl methyl sites for hydroxylation is 1. The smallest absolute Gasteiger partial charge is 0.287 e. The fraction of sp³-hybridized carbons (Fsp3) is 0.353. The van der Waals surface area contributed by atoms with Gasteiger partial charge in [-0.15, -0.1) is 0 Å². The zero-order valence-corrected chi connectivity index (χ0v) is 16.4. The molecule has 9 heteroatoms. The van der Waals surface area contributed by atoms with E-state index < -0.39 is 5.56 Å². The van der Waals surface area contributed by atoms with Crippen LogP contribution in [0.2, 0.25) is 10.0 Å². The second-order valence-corrected chi connectivity index (χ2v) is 6.39. The molecule has 1 N–H and O–H groups in total. The number of hydrogen-bond acceptors (Lipinski definition) is 6. The van der Waals surface area contributed by atoms with E-state index in [1.165, 1.54) is 19.5 Å². The number of anilines is 1. The second-order valence-electron chi connectivity index (χ2n) is 5.60. The molecule has 26 heavy (non-hydrogen) atoms. The highest BCUT2D eigenvalue weighted by atomic mass is 35.5. The molecule has 0 amide bonds. The lowest BCUT2D eigenvalue weighted by atomic mass is 10.2. The molecule has 1 aromatic carbocycles. The van der Waals surface area contributed by atoms with Gasteiger partial charge in [-0.2, -0.15) is 10.2 Å². The maximum absolute atomic E-state index is 11.7.